The Morgan fingerprint density at radius 1 is 1.35 bits per heavy atom. The minimum absolute atomic E-state index is 0.548. The van der Waals surface area contributed by atoms with Crippen molar-refractivity contribution in [3.05, 3.63) is 35.8 Å². The Morgan fingerprint density at radius 3 is 2.75 bits per heavy atom. The van der Waals surface area contributed by atoms with E-state index in [1.54, 1.807) is 0 Å². The molecule has 0 radical (unpaired) electrons. The van der Waals surface area contributed by atoms with Crippen molar-refractivity contribution in [2.24, 2.45) is 5.73 Å². The Hall–Kier alpha value is -1.39. The molecule has 1 saturated heterocycles. The molecule has 0 saturated carbocycles. The zero-order valence-electron chi connectivity index (χ0n) is 12.4. The average Bonchev–Trinajstić information content (AvgIpc) is 2.91. The number of imidazole rings is 1. The van der Waals surface area contributed by atoms with Gasteiger partial charge in [-0.05, 0) is 45.8 Å². The summed E-state index contributed by atoms with van der Waals surface area (Å²) in [6.45, 7) is 7.46. The van der Waals surface area contributed by atoms with E-state index in [0.29, 0.717) is 18.5 Å². The predicted molar refractivity (Wildman–Crippen MR) is 81.8 cm³/mol. The van der Waals surface area contributed by atoms with Crippen LogP contribution in [0.25, 0.3) is 5.65 Å². The lowest BCUT2D eigenvalue weighted by molar-refractivity contribution is 0.171. The molecule has 4 heteroatoms. The van der Waals surface area contributed by atoms with Gasteiger partial charge in [-0.3, -0.25) is 0 Å². The van der Waals surface area contributed by atoms with Crippen LogP contribution in [0.2, 0.25) is 0 Å². The van der Waals surface area contributed by atoms with Crippen LogP contribution in [-0.2, 0) is 6.54 Å². The second kappa shape index (κ2) is 5.54. The SMILES string of the molecule is CC(C)N1CCC(c2cn3cccc(CN)c3n2)CC1. The zero-order valence-corrected chi connectivity index (χ0v) is 12.4. The van der Waals surface area contributed by atoms with Crippen LogP contribution in [-0.4, -0.2) is 33.4 Å². The van der Waals surface area contributed by atoms with Gasteiger partial charge in [0.2, 0.25) is 0 Å². The maximum atomic E-state index is 5.80. The summed E-state index contributed by atoms with van der Waals surface area (Å²) in [6, 6.07) is 4.76. The number of rotatable bonds is 3. The number of pyridine rings is 1. The fraction of sp³-hybridized carbons (Fsp3) is 0.562. The standard InChI is InChI=1S/C16H24N4/c1-12(2)19-8-5-13(6-9-19)15-11-20-7-3-4-14(10-17)16(20)18-15/h3-4,7,11-13H,5-6,8-10,17H2,1-2H3. The summed E-state index contributed by atoms with van der Waals surface area (Å²) in [7, 11) is 0. The van der Waals surface area contributed by atoms with Gasteiger partial charge >= 0.3 is 0 Å². The third-order valence-electron chi connectivity index (χ3n) is 4.48. The van der Waals surface area contributed by atoms with Crippen LogP contribution in [0.4, 0.5) is 0 Å². The van der Waals surface area contributed by atoms with E-state index in [-0.39, 0.29) is 0 Å². The van der Waals surface area contributed by atoms with Gasteiger partial charge in [0.15, 0.2) is 0 Å². The first kappa shape index (κ1) is 13.6. The first-order valence-corrected chi connectivity index (χ1v) is 7.59. The number of aromatic nitrogens is 2. The molecular formula is C16H24N4. The van der Waals surface area contributed by atoms with Crippen LogP contribution in [0.5, 0.6) is 0 Å². The van der Waals surface area contributed by atoms with Crippen molar-refractivity contribution in [2.75, 3.05) is 13.1 Å². The van der Waals surface area contributed by atoms with Gasteiger partial charge in [-0.2, -0.15) is 0 Å². The van der Waals surface area contributed by atoms with E-state index in [4.69, 9.17) is 10.7 Å². The molecule has 2 aromatic rings. The summed E-state index contributed by atoms with van der Waals surface area (Å²) in [5.41, 5.74) is 9.17. The number of hydrogen-bond acceptors (Lipinski definition) is 3. The van der Waals surface area contributed by atoms with E-state index in [1.165, 1.54) is 31.6 Å². The van der Waals surface area contributed by atoms with Crippen molar-refractivity contribution in [3.8, 4) is 0 Å². The monoisotopic (exact) mass is 272 g/mol. The Balaban J connectivity index is 1.81. The highest BCUT2D eigenvalue weighted by molar-refractivity contribution is 5.49. The van der Waals surface area contributed by atoms with Crippen LogP contribution in [0.15, 0.2) is 24.5 Å². The smallest absolute Gasteiger partial charge is 0.141 e. The number of hydrogen-bond donors (Lipinski definition) is 1. The first-order valence-electron chi connectivity index (χ1n) is 7.59. The van der Waals surface area contributed by atoms with Gasteiger partial charge in [0.1, 0.15) is 5.65 Å². The fourth-order valence-corrected chi connectivity index (χ4v) is 3.16. The van der Waals surface area contributed by atoms with Gasteiger partial charge in [-0.15, -0.1) is 0 Å². The molecule has 0 amide bonds. The number of nitrogens with two attached hydrogens (primary N) is 1. The van der Waals surface area contributed by atoms with Gasteiger partial charge in [-0.1, -0.05) is 6.07 Å². The van der Waals surface area contributed by atoms with Crippen molar-refractivity contribution in [3.63, 3.8) is 0 Å². The molecule has 0 aliphatic carbocycles. The van der Waals surface area contributed by atoms with Gasteiger partial charge < -0.3 is 15.0 Å². The summed E-state index contributed by atoms with van der Waals surface area (Å²) >= 11 is 0. The lowest BCUT2D eigenvalue weighted by Crippen LogP contribution is -2.37. The number of likely N-dealkylation sites (tertiary alicyclic amines) is 1. The Labute approximate surface area is 120 Å². The lowest BCUT2D eigenvalue weighted by Gasteiger charge is -2.33. The molecule has 108 valence electrons. The average molecular weight is 272 g/mol. The van der Waals surface area contributed by atoms with Crippen LogP contribution in [0.1, 0.15) is 43.9 Å². The molecule has 0 atom stereocenters. The van der Waals surface area contributed by atoms with E-state index < -0.39 is 0 Å². The molecule has 0 bridgehead atoms. The largest absolute Gasteiger partial charge is 0.326 e. The summed E-state index contributed by atoms with van der Waals surface area (Å²) in [5, 5.41) is 0. The molecule has 2 aromatic heterocycles. The minimum Gasteiger partial charge on any atom is -0.326 e. The quantitative estimate of drug-likeness (QED) is 0.933. The first-order chi connectivity index (χ1) is 9.69. The van der Waals surface area contributed by atoms with Crippen LogP contribution in [0, 0.1) is 0 Å². The summed E-state index contributed by atoms with van der Waals surface area (Å²) in [4.78, 5) is 7.39. The highest BCUT2D eigenvalue weighted by Gasteiger charge is 2.24. The van der Waals surface area contributed by atoms with Crippen LogP contribution >= 0.6 is 0 Å². The van der Waals surface area contributed by atoms with E-state index in [1.807, 2.05) is 6.07 Å². The number of fused-ring (bicyclic) bond motifs is 1. The van der Waals surface area contributed by atoms with Crippen LogP contribution < -0.4 is 5.73 Å². The van der Waals surface area contributed by atoms with E-state index >= 15 is 0 Å². The maximum Gasteiger partial charge on any atom is 0.141 e. The molecule has 0 aromatic carbocycles. The highest BCUT2D eigenvalue weighted by atomic mass is 15.1. The molecular weight excluding hydrogens is 248 g/mol. The normalized spacial score (nSPS) is 18.2. The Morgan fingerprint density at radius 2 is 2.10 bits per heavy atom. The minimum atomic E-state index is 0.548. The lowest BCUT2D eigenvalue weighted by atomic mass is 9.93. The third kappa shape index (κ3) is 2.45. The molecule has 20 heavy (non-hydrogen) atoms. The Bertz CT molecular complexity index is 579. The van der Waals surface area contributed by atoms with Crippen molar-refractivity contribution < 1.29 is 0 Å². The molecule has 4 nitrogen and oxygen atoms in total. The number of piperidine rings is 1. The molecule has 0 spiro atoms. The summed E-state index contributed by atoms with van der Waals surface area (Å²) in [6.07, 6.45) is 6.67. The van der Waals surface area contributed by atoms with E-state index in [2.05, 4.69) is 41.6 Å². The van der Waals surface area contributed by atoms with Crippen molar-refractivity contribution in [2.45, 2.75) is 45.2 Å². The maximum absolute atomic E-state index is 5.80. The zero-order chi connectivity index (χ0) is 14.1. The fourth-order valence-electron chi connectivity index (χ4n) is 3.16. The molecule has 1 aliphatic rings. The molecule has 1 fully saturated rings. The molecule has 3 heterocycles. The van der Waals surface area contributed by atoms with Crippen LogP contribution in [0.3, 0.4) is 0 Å². The summed E-state index contributed by atoms with van der Waals surface area (Å²) < 4.78 is 2.12. The number of nitrogens with zero attached hydrogens (tertiary/aromatic N) is 3. The topological polar surface area (TPSA) is 46.6 Å². The van der Waals surface area contributed by atoms with Crippen molar-refractivity contribution in [1.29, 1.82) is 0 Å². The molecule has 0 unspecified atom stereocenters. The molecule has 2 N–H and O–H groups in total. The summed E-state index contributed by atoms with van der Waals surface area (Å²) in [5.74, 6) is 0.593. The van der Waals surface area contributed by atoms with Gasteiger partial charge in [0, 0.05) is 36.5 Å². The second-order valence-corrected chi connectivity index (χ2v) is 6.04. The highest BCUT2D eigenvalue weighted by Crippen LogP contribution is 2.28. The van der Waals surface area contributed by atoms with Gasteiger partial charge in [0.25, 0.3) is 0 Å². The van der Waals surface area contributed by atoms with Crippen molar-refractivity contribution in [1.82, 2.24) is 14.3 Å². The molecule has 1 aliphatic heterocycles. The third-order valence-corrected chi connectivity index (χ3v) is 4.48. The van der Waals surface area contributed by atoms with Gasteiger partial charge in [0.05, 0.1) is 5.69 Å². The van der Waals surface area contributed by atoms with Crippen molar-refractivity contribution >= 4 is 5.65 Å². The van der Waals surface area contributed by atoms with E-state index in [9.17, 15) is 0 Å². The van der Waals surface area contributed by atoms with E-state index in [0.717, 1.165) is 11.2 Å². The Kier molecular flexibility index (Phi) is 3.76. The second-order valence-electron chi connectivity index (χ2n) is 6.04. The molecule has 3 rings (SSSR count). The van der Waals surface area contributed by atoms with Gasteiger partial charge in [-0.25, -0.2) is 4.98 Å². The predicted octanol–water partition coefficient (Wildman–Crippen LogP) is 2.38.